The Kier molecular flexibility index (Phi) is 5.23. The smallest absolute Gasteiger partial charge is 0.0630 e. The zero-order valence-corrected chi connectivity index (χ0v) is 18.5. The lowest BCUT2D eigenvalue weighted by Gasteiger charge is -2.37. The summed E-state index contributed by atoms with van der Waals surface area (Å²) in [5, 5.41) is 3.83. The molecule has 0 fully saturated rings. The molecule has 0 saturated carbocycles. The summed E-state index contributed by atoms with van der Waals surface area (Å²) in [5.41, 5.74) is 8.87. The predicted molar refractivity (Wildman–Crippen MR) is 132 cm³/mol. The molecule has 0 amide bonds. The van der Waals surface area contributed by atoms with Crippen molar-refractivity contribution in [1.82, 2.24) is 0 Å². The minimum atomic E-state index is 0.330. The van der Waals surface area contributed by atoms with E-state index >= 15 is 0 Å². The SMILES string of the molecule is Cc1ccc2c(c1)[C@@H]1C=CC[C@@H]1[C@H](c1ccc(N=Cc3ccc(C(C)C)cc3)cc1)N2. The van der Waals surface area contributed by atoms with Gasteiger partial charge in [-0.15, -0.1) is 0 Å². The van der Waals surface area contributed by atoms with Gasteiger partial charge < -0.3 is 5.32 Å². The number of anilines is 1. The maximum Gasteiger partial charge on any atom is 0.0630 e. The van der Waals surface area contributed by atoms with Gasteiger partial charge in [-0.1, -0.05) is 80.1 Å². The Bertz CT molecular complexity index is 1120. The quantitative estimate of drug-likeness (QED) is 0.348. The topological polar surface area (TPSA) is 24.4 Å². The number of nitrogens with one attached hydrogen (secondary N) is 1. The molecule has 156 valence electrons. The highest BCUT2D eigenvalue weighted by Crippen LogP contribution is 2.50. The van der Waals surface area contributed by atoms with E-state index in [1.807, 2.05) is 6.21 Å². The fraction of sp³-hybridized carbons (Fsp3) is 0.276. The van der Waals surface area contributed by atoms with Gasteiger partial charge in [-0.3, -0.25) is 4.99 Å². The van der Waals surface area contributed by atoms with Crippen molar-refractivity contribution in [2.45, 2.75) is 45.1 Å². The van der Waals surface area contributed by atoms with Crippen molar-refractivity contribution in [2.24, 2.45) is 10.9 Å². The molecule has 1 N–H and O–H groups in total. The van der Waals surface area contributed by atoms with Crippen molar-refractivity contribution in [1.29, 1.82) is 0 Å². The molecule has 31 heavy (non-hydrogen) atoms. The number of aliphatic imine (C=N–C) groups is 1. The lowest BCUT2D eigenvalue weighted by molar-refractivity contribution is 0.425. The minimum absolute atomic E-state index is 0.330. The summed E-state index contributed by atoms with van der Waals surface area (Å²) in [6.45, 7) is 6.61. The molecule has 2 heteroatoms. The van der Waals surface area contributed by atoms with Crippen LogP contribution in [0.2, 0.25) is 0 Å². The van der Waals surface area contributed by atoms with Crippen LogP contribution in [0.15, 0.2) is 83.9 Å². The molecule has 3 aromatic rings. The number of nitrogens with zero attached hydrogens (tertiary/aromatic N) is 1. The molecule has 1 aliphatic carbocycles. The summed E-state index contributed by atoms with van der Waals surface area (Å²) < 4.78 is 0. The maximum absolute atomic E-state index is 4.69. The van der Waals surface area contributed by atoms with Crippen LogP contribution >= 0.6 is 0 Å². The molecule has 2 nitrogen and oxygen atoms in total. The highest BCUT2D eigenvalue weighted by atomic mass is 15.0. The monoisotopic (exact) mass is 406 g/mol. The van der Waals surface area contributed by atoms with Gasteiger partial charge in [-0.25, -0.2) is 0 Å². The molecule has 3 atom stereocenters. The molecule has 0 aromatic heterocycles. The first-order valence-electron chi connectivity index (χ1n) is 11.4. The minimum Gasteiger partial charge on any atom is -0.378 e. The molecule has 3 aromatic carbocycles. The fourth-order valence-corrected chi connectivity index (χ4v) is 4.93. The van der Waals surface area contributed by atoms with Crippen molar-refractivity contribution in [3.8, 4) is 0 Å². The van der Waals surface area contributed by atoms with E-state index in [0.29, 0.717) is 23.8 Å². The van der Waals surface area contributed by atoms with Crippen LogP contribution < -0.4 is 5.32 Å². The molecule has 0 bridgehead atoms. The van der Waals surface area contributed by atoms with Gasteiger partial charge in [0, 0.05) is 17.8 Å². The first-order valence-corrected chi connectivity index (χ1v) is 11.4. The van der Waals surface area contributed by atoms with Crippen molar-refractivity contribution in [3.05, 3.63) is 107 Å². The van der Waals surface area contributed by atoms with Crippen molar-refractivity contribution in [2.75, 3.05) is 5.32 Å². The van der Waals surface area contributed by atoms with E-state index in [4.69, 9.17) is 4.99 Å². The average Bonchev–Trinajstić information content (AvgIpc) is 3.28. The highest BCUT2D eigenvalue weighted by molar-refractivity contribution is 5.82. The Balaban J connectivity index is 1.34. The highest BCUT2D eigenvalue weighted by Gasteiger charge is 2.37. The number of hydrogen-bond acceptors (Lipinski definition) is 2. The lowest BCUT2D eigenvalue weighted by Crippen LogP contribution is -2.29. The fourth-order valence-electron chi connectivity index (χ4n) is 4.93. The summed E-state index contributed by atoms with van der Waals surface area (Å²) in [6, 6.07) is 24.5. The zero-order valence-electron chi connectivity index (χ0n) is 18.5. The number of rotatable bonds is 4. The van der Waals surface area contributed by atoms with Crippen molar-refractivity contribution < 1.29 is 0 Å². The third kappa shape index (κ3) is 3.95. The molecule has 5 rings (SSSR count). The van der Waals surface area contributed by atoms with Crippen LogP contribution in [0.5, 0.6) is 0 Å². The predicted octanol–water partition coefficient (Wildman–Crippen LogP) is 7.70. The summed E-state index contributed by atoms with van der Waals surface area (Å²) >= 11 is 0. The third-order valence-electron chi connectivity index (χ3n) is 6.74. The van der Waals surface area contributed by atoms with E-state index in [0.717, 1.165) is 17.7 Å². The Morgan fingerprint density at radius 1 is 0.968 bits per heavy atom. The van der Waals surface area contributed by atoms with Gasteiger partial charge in [0.25, 0.3) is 0 Å². The van der Waals surface area contributed by atoms with Gasteiger partial charge in [-0.05, 0) is 65.6 Å². The van der Waals surface area contributed by atoms with E-state index in [-0.39, 0.29) is 0 Å². The average molecular weight is 407 g/mol. The van der Waals surface area contributed by atoms with Crippen LogP contribution in [0.3, 0.4) is 0 Å². The van der Waals surface area contributed by atoms with E-state index in [9.17, 15) is 0 Å². The van der Waals surface area contributed by atoms with Gasteiger partial charge in [0.2, 0.25) is 0 Å². The molecule has 2 aliphatic rings. The van der Waals surface area contributed by atoms with Crippen LogP contribution in [-0.4, -0.2) is 6.21 Å². The Morgan fingerprint density at radius 2 is 1.74 bits per heavy atom. The molecular weight excluding hydrogens is 376 g/mol. The van der Waals surface area contributed by atoms with Gasteiger partial charge in [-0.2, -0.15) is 0 Å². The van der Waals surface area contributed by atoms with Gasteiger partial charge in [0.1, 0.15) is 0 Å². The Hall–Kier alpha value is -3.13. The third-order valence-corrected chi connectivity index (χ3v) is 6.74. The number of aryl methyl sites for hydroxylation is 1. The normalized spacial score (nSPS) is 21.9. The molecule has 1 aliphatic heterocycles. The maximum atomic E-state index is 4.69. The second kappa shape index (κ2) is 8.19. The largest absolute Gasteiger partial charge is 0.378 e. The van der Waals surface area contributed by atoms with Crippen molar-refractivity contribution >= 4 is 17.6 Å². The van der Waals surface area contributed by atoms with E-state index in [1.54, 1.807) is 0 Å². The van der Waals surface area contributed by atoms with E-state index < -0.39 is 0 Å². The van der Waals surface area contributed by atoms with Crippen LogP contribution in [-0.2, 0) is 0 Å². The molecular formula is C29H30N2. The van der Waals surface area contributed by atoms with Crippen LogP contribution in [0.25, 0.3) is 0 Å². The molecule has 0 spiro atoms. The van der Waals surface area contributed by atoms with Crippen molar-refractivity contribution in [3.63, 3.8) is 0 Å². The van der Waals surface area contributed by atoms with Gasteiger partial charge in [0.05, 0.1) is 11.7 Å². The van der Waals surface area contributed by atoms with Crippen LogP contribution in [0.4, 0.5) is 11.4 Å². The second-order valence-electron chi connectivity index (χ2n) is 9.24. The van der Waals surface area contributed by atoms with Crippen LogP contribution in [0, 0.1) is 12.8 Å². The second-order valence-corrected chi connectivity index (χ2v) is 9.24. The van der Waals surface area contributed by atoms with Gasteiger partial charge >= 0.3 is 0 Å². The van der Waals surface area contributed by atoms with E-state index in [1.165, 1.54) is 27.9 Å². The molecule has 0 radical (unpaired) electrons. The first kappa shape index (κ1) is 19.8. The Labute approximate surface area is 185 Å². The summed E-state index contributed by atoms with van der Waals surface area (Å²) in [7, 11) is 0. The van der Waals surface area contributed by atoms with Gasteiger partial charge in [0.15, 0.2) is 0 Å². The number of allylic oxidation sites excluding steroid dienone is 2. The van der Waals surface area contributed by atoms with Crippen LogP contribution in [0.1, 0.15) is 66.0 Å². The first-order chi connectivity index (χ1) is 15.1. The number of fused-ring (bicyclic) bond motifs is 3. The summed E-state index contributed by atoms with van der Waals surface area (Å²) in [5.74, 6) is 1.63. The summed E-state index contributed by atoms with van der Waals surface area (Å²) in [6.07, 6.45) is 7.83. The molecule has 1 heterocycles. The lowest BCUT2D eigenvalue weighted by atomic mass is 9.76. The Morgan fingerprint density at radius 3 is 2.48 bits per heavy atom. The molecule has 0 unspecified atom stereocenters. The number of hydrogen-bond donors (Lipinski definition) is 1. The van der Waals surface area contributed by atoms with E-state index in [2.05, 4.69) is 105 Å². The standard InChI is InChI=1S/C29H30N2/c1-19(2)22-10-8-21(9-11-22)18-30-24-14-12-23(13-15-24)29-26-6-4-5-25(26)27-17-20(3)7-16-28(27)31-29/h4-5,7-19,25-26,29,31H,6H2,1-3H3/t25-,26+,29+/m1/s1. The molecule has 0 saturated heterocycles. The number of benzene rings is 3. The summed E-state index contributed by atoms with van der Waals surface area (Å²) in [4.78, 5) is 4.69. The zero-order chi connectivity index (χ0) is 21.4.